The van der Waals surface area contributed by atoms with E-state index in [1.54, 1.807) is 0 Å². The molecule has 3 rings (SSSR count). The van der Waals surface area contributed by atoms with Gasteiger partial charge in [0, 0.05) is 32.7 Å². The maximum atomic E-state index is 2.22. The molecule has 0 bridgehead atoms. The summed E-state index contributed by atoms with van der Waals surface area (Å²) in [7, 11) is 0. The van der Waals surface area contributed by atoms with Crippen molar-refractivity contribution in [3.63, 3.8) is 0 Å². The van der Waals surface area contributed by atoms with Crippen molar-refractivity contribution in [3.05, 3.63) is 76.5 Å². The van der Waals surface area contributed by atoms with Crippen molar-refractivity contribution in [1.82, 2.24) is 0 Å². The second kappa shape index (κ2) is 6.30. The summed E-state index contributed by atoms with van der Waals surface area (Å²) >= 11 is 1.89. The molecular formula is C17H15SY-. The molecule has 0 fully saturated rings. The summed E-state index contributed by atoms with van der Waals surface area (Å²) in [6.07, 6.45) is 0. The molecule has 2 aromatic rings. The van der Waals surface area contributed by atoms with Crippen molar-refractivity contribution in [3.8, 4) is 0 Å². The van der Waals surface area contributed by atoms with E-state index in [0.29, 0.717) is 0 Å². The largest absolute Gasteiger partial charge is 0.171 e. The van der Waals surface area contributed by atoms with Gasteiger partial charge in [-0.2, -0.15) is 23.4 Å². The van der Waals surface area contributed by atoms with Crippen molar-refractivity contribution in [2.24, 2.45) is 0 Å². The number of allylic oxidation sites excluding steroid dienone is 1. The Labute approximate surface area is 144 Å². The maximum Gasteiger partial charge on any atom is 0 e. The van der Waals surface area contributed by atoms with E-state index in [4.69, 9.17) is 0 Å². The molecule has 0 aliphatic carbocycles. The first-order valence-corrected chi connectivity index (χ1v) is 6.96. The van der Waals surface area contributed by atoms with E-state index in [1.165, 1.54) is 32.4 Å². The van der Waals surface area contributed by atoms with Crippen LogP contribution in [-0.4, -0.2) is 0 Å². The van der Waals surface area contributed by atoms with Crippen LogP contribution < -0.4 is 0 Å². The first-order chi connectivity index (χ1) is 8.77. The molecule has 0 aromatic heterocycles. The van der Waals surface area contributed by atoms with Crippen molar-refractivity contribution in [1.29, 1.82) is 0 Å². The Morgan fingerprint density at radius 1 is 0.895 bits per heavy atom. The Morgan fingerprint density at radius 2 is 1.53 bits per heavy atom. The Morgan fingerprint density at radius 3 is 2.26 bits per heavy atom. The van der Waals surface area contributed by atoms with Gasteiger partial charge in [0.2, 0.25) is 0 Å². The van der Waals surface area contributed by atoms with E-state index in [-0.39, 0.29) is 32.7 Å². The first kappa shape index (κ1) is 14.9. The van der Waals surface area contributed by atoms with Crippen molar-refractivity contribution < 1.29 is 32.7 Å². The van der Waals surface area contributed by atoms with E-state index in [2.05, 4.69) is 68.4 Å². The van der Waals surface area contributed by atoms with Gasteiger partial charge >= 0.3 is 0 Å². The van der Waals surface area contributed by atoms with Crippen LogP contribution in [0.25, 0.3) is 10.5 Å². The van der Waals surface area contributed by atoms with Gasteiger partial charge in [-0.3, -0.25) is 0 Å². The number of hydrogen-bond acceptors (Lipinski definition) is 1. The number of fused-ring (bicyclic) bond motifs is 1. The molecule has 0 amide bonds. The van der Waals surface area contributed by atoms with Gasteiger partial charge in [0.25, 0.3) is 0 Å². The van der Waals surface area contributed by atoms with E-state index in [0.717, 1.165) is 0 Å². The minimum atomic E-state index is 0. The van der Waals surface area contributed by atoms with Crippen LogP contribution in [0.1, 0.15) is 30.5 Å². The smallest absolute Gasteiger partial charge is 0 e. The van der Waals surface area contributed by atoms with Gasteiger partial charge in [0.05, 0.1) is 0 Å². The average molecular weight is 340 g/mol. The second-order valence-electron chi connectivity index (χ2n) is 4.52. The fourth-order valence-electron chi connectivity index (χ4n) is 2.39. The SMILES string of the molecule is CC1=C(c2ccccc2)S[C-](C)c2ccccc21.[Y]. The summed E-state index contributed by atoms with van der Waals surface area (Å²) in [6, 6.07) is 19.3. The molecule has 1 radical (unpaired) electrons. The van der Waals surface area contributed by atoms with Crippen LogP contribution >= 0.6 is 11.8 Å². The summed E-state index contributed by atoms with van der Waals surface area (Å²) in [5.41, 5.74) is 5.44. The normalized spacial score (nSPS) is 13.9. The zero-order valence-electron chi connectivity index (χ0n) is 11.2. The average Bonchev–Trinajstić information content (AvgIpc) is 2.44. The maximum absolute atomic E-state index is 2.22. The number of thioether (sulfide) groups is 1. The molecule has 0 N–H and O–H groups in total. The third kappa shape index (κ3) is 2.84. The van der Waals surface area contributed by atoms with E-state index in [1.807, 2.05) is 11.8 Å². The van der Waals surface area contributed by atoms with Crippen LogP contribution in [0.15, 0.2) is 54.6 Å². The number of hydrogen-bond donors (Lipinski definition) is 0. The minimum Gasteiger partial charge on any atom is -0.171 e. The van der Waals surface area contributed by atoms with Crippen molar-refractivity contribution in [2.45, 2.75) is 13.8 Å². The quantitative estimate of drug-likeness (QED) is 0.642. The van der Waals surface area contributed by atoms with E-state index < -0.39 is 0 Å². The third-order valence-electron chi connectivity index (χ3n) is 3.34. The molecule has 19 heavy (non-hydrogen) atoms. The molecule has 0 saturated heterocycles. The van der Waals surface area contributed by atoms with Gasteiger partial charge in [-0.05, 0) is 17.4 Å². The molecule has 0 spiro atoms. The number of benzene rings is 2. The summed E-state index contributed by atoms with van der Waals surface area (Å²) in [5.74, 6) is 0. The molecular weight excluding hydrogens is 325 g/mol. The van der Waals surface area contributed by atoms with Gasteiger partial charge < -0.3 is 0 Å². The Bertz CT molecular complexity index is 602. The van der Waals surface area contributed by atoms with Crippen LogP contribution in [0.4, 0.5) is 0 Å². The van der Waals surface area contributed by atoms with Crippen LogP contribution in [0.5, 0.6) is 0 Å². The van der Waals surface area contributed by atoms with E-state index >= 15 is 0 Å². The summed E-state index contributed by atoms with van der Waals surface area (Å²) < 4.78 is 0. The Balaban J connectivity index is 0.00000133. The van der Waals surface area contributed by atoms with Crippen molar-refractivity contribution in [2.75, 3.05) is 0 Å². The first-order valence-electron chi connectivity index (χ1n) is 6.15. The van der Waals surface area contributed by atoms with Gasteiger partial charge in [-0.1, -0.05) is 48.9 Å². The predicted molar refractivity (Wildman–Crippen MR) is 81.0 cm³/mol. The molecule has 2 aromatic carbocycles. The molecule has 1 heterocycles. The topological polar surface area (TPSA) is 0 Å². The van der Waals surface area contributed by atoms with Gasteiger partial charge in [-0.25, -0.2) is 0 Å². The molecule has 93 valence electrons. The fraction of sp³-hybridized carbons (Fsp3) is 0.118. The van der Waals surface area contributed by atoms with Crippen LogP contribution in [0.2, 0.25) is 0 Å². The van der Waals surface area contributed by atoms with Crippen molar-refractivity contribution >= 4 is 22.2 Å². The monoisotopic (exact) mass is 340 g/mol. The molecule has 0 nitrogen and oxygen atoms in total. The minimum absolute atomic E-state index is 0. The van der Waals surface area contributed by atoms with Crippen LogP contribution in [0.3, 0.4) is 0 Å². The molecule has 0 atom stereocenters. The fourth-order valence-corrected chi connectivity index (χ4v) is 3.50. The zero-order chi connectivity index (χ0) is 12.5. The van der Waals surface area contributed by atoms with Gasteiger partial charge in [0.15, 0.2) is 0 Å². The number of rotatable bonds is 1. The molecule has 2 heteroatoms. The summed E-state index contributed by atoms with van der Waals surface area (Å²) in [5, 5.41) is 1.38. The van der Waals surface area contributed by atoms with Crippen LogP contribution in [-0.2, 0) is 32.7 Å². The second-order valence-corrected chi connectivity index (χ2v) is 5.75. The summed E-state index contributed by atoms with van der Waals surface area (Å²) in [4.78, 5) is 1.38. The van der Waals surface area contributed by atoms with Gasteiger partial charge in [-0.15, -0.1) is 22.9 Å². The van der Waals surface area contributed by atoms with E-state index in [9.17, 15) is 0 Å². The van der Waals surface area contributed by atoms with Gasteiger partial charge in [0.1, 0.15) is 0 Å². The third-order valence-corrected chi connectivity index (χ3v) is 4.61. The zero-order valence-corrected chi connectivity index (χ0v) is 14.8. The standard InChI is InChI=1S/C17H15S.Y/c1-12-15-10-6-7-11-16(15)13(2)18-17(12)14-8-4-3-5-9-14;/h3-11H,1-2H3;/q-1;. The predicted octanol–water partition coefficient (Wildman–Crippen LogP) is 5.22. The summed E-state index contributed by atoms with van der Waals surface area (Å²) in [6.45, 7) is 4.43. The molecule has 0 unspecified atom stereocenters. The van der Waals surface area contributed by atoms with Crippen LogP contribution in [0, 0.1) is 5.25 Å². The molecule has 0 saturated carbocycles. The Kier molecular flexibility index (Phi) is 4.94. The Hall–Kier alpha value is -0.496. The molecule has 1 aliphatic rings. The molecule has 1 aliphatic heterocycles.